The lowest BCUT2D eigenvalue weighted by Crippen LogP contribution is -2.27. The van der Waals surface area contributed by atoms with E-state index in [1.165, 1.54) is 34.9 Å². The summed E-state index contributed by atoms with van der Waals surface area (Å²) in [6.07, 6.45) is 3.29. The quantitative estimate of drug-likeness (QED) is 0.361. The second kappa shape index (κ2) is 9.88. The lowest BCUT2D eigenvalue weighted by Gasteiger charge is -2.10. The van der Waals surface area contributed by atoms with E-state index >= 15 is 0 Å². The summed E-state index contributed by atoms with van der Waals surface area (Å²) < 4.78 is 19.5. The summed E-state index contributed by atoms with van der Waals surface area (Å²) in [5, 5.41) is 2.69. The topological polar surface area (TPSA) is 58.6 Å². The van der Waals surface area contributed by atoms with Gasteiger partial charge in [-0.3, -0.25) is 14.5 Å². The number of thiocarbonyl (C=S) groups is 1. The lowest BCUT2D eigenvalue weighted by atomic mass is 10.2. The Labute approximate surface area is 187 Å². The van der Waals surface area contributed by atoms with Crippen LogP contribution in [0.3, 0.4) is 0 Å². The Morgan fingerprint density at radius 3 is 2.80 bits per heavy atom. The van der Waals surface area contributed by atoms with Gasteiger partial charge in [-0.1, -0.05) is 59.9 Å². The van der Waals surface area contributed by atoms with Crippen molar-refractivity contribution in [3.05, 3.63) is 76.4 Å². The van der Waals surface area contributed by atoms with Gasteiger partial charge in [-0.25, -0.2) is 4.39 Å². The van der Waals surface area contributed by atoms with Gasteiger partial charge >= 0.3 is 0 Å². The van der Waals surface area contributed by atoms with Crippen molar-refractivity contribution in [2.24, 2.45) is 0 Å². The summed E-state index contributed by atoms with van der Waals surface area (Å²) in [6.45, 7) is 3.63. The molecule has 2 aromatic rings. The molecule has 1 heterocycles. The number of nitrogens with one attached hydrogen (secondary N) is 1. The Bertz CT molecular complexity index is 1060. The van der Waals surface area contributed by atoms with Gasteiger partial charge in [0.05, 0.1) is 15.6 Å². The molecule has 1 aliphatic rings. The standard InChI is InChI=1S/C21H16ClFN2O3S2/c1-2-9-25-20(27)18(30-21(25)29)11-13-7-8-17(14(22)10-13)28-12-19(26)24-16-6-4-3-5-15(16)23/h2-8,10-11H,1,9,12H2,(H,24,26)/b18-11-. The summed E-state index contributed by atoms with van der Waals surface area (Å²) in [7, 11) is 0. The van der Waals surface area contributed by atoms with Gasteiger partial charge in [-0.2, -0.15) is 0 Å². The number of hydrogen-bond acceptors (Lipinski definition) is 5. The van der Waals surface area contributed by atoms with Crippen LogP contribution in [0.15, 0.2) is 60.0 Å². The van der Waals surface area contributed by atoms with Gasteiger partial charge in [0.25, 0.3) is 11.8 Å². The molecule has 1 N–H and O–H groups in total. The summed E-state index contributed by atoms with van der Waals surface area (Å²) in [4.78, 5) is 26.3. The number of thioether (sulfide) groups is 1. The van der Waals surface area contributed by atoms with Gasteiger partial charge in [-0.05, 0) is 35.9 Å². The molecule has 2 aromatic carbocycles. The Hall–Kier alpha value is -2.68. The molecule has 0 aromatic heterocycles. The maximum absolute atomic E-state index is 13.6. The molecule has 0 aliphatic carbocycles. The van der Waals surface area contributed by atoms with Crippen LogP contribution in [-0.2, 0) is 9.59 Å². The van der Waals surface area contributed by atoms with Crippen molar-refractivity contribution in [2.45, 2.75) is 0 Å². The molecular weight excluding hydrogens is 447 g/mol. The molecule has 30 heavy (non-hydrogen) atoms. The van der Waals surface area contributed by atoms with E-state index < -0.39 is 11.7 Å². The average Bonchev–Trinajstić information content (AvgIpc) is 2.97. The number of hydrogen-bond donors (Lipinski definition) is 1. The van der Waals surface area contributed by atoms with Crippen LogP contribution in [0, 0.1) is 5.82 Å². The van der Waals surface area contributed by atoms with Gasteiger partial charge in [0, 0.05) is 6.54 Å². The first-order valence-corrected chi connectivity index (χ1v) is 10.3. The summed E-state index contributed by atoms with van der Waals surface area (Å²) in [5.41, 5.74) is 0.753. The van der Waals surface area contributed by atoms with E-state index in [2.05, 4.69) is 11.9 Å². The van der Waals surface area contributed by atoms with E-state index in [9.17, 15) is 14.0 Å². The summed E-state index contributed by atoms with van der Waals surface area (Å²) in [5.74, 6) is -0.958. The van der Waals surface area contributed by atoms with Gasteiger partial charge < -0.3 is 10.1 Å². The zero-order chi connectivity index (χ0) is 21.7. The van der Waals surface area contributed by atoms with Crippen LogP contribution in [0.1, 0.15) is 5.56 Å². The number of benzene rings is 2. The van der Waals surface area contributed by atoms with E-state index in [1.54, 1.807) is 36.4 Å². The van der Waals surface area contributed by atoms with Crippen molar-refractivity contribution in [3.8, 4) is 5.75 Å². The fourth-order valence-electron chi connectivity index (χ4n) is 2.55. The number of carbonyl (C=O) groups is 2. The van der Waals surface area contributed by atoms with Crippen LogP contribution >= 0.6 is 35.6 Å². The van der Waals surface area contributed by atoms with Crippen molar-refractivity contribution >= 4 is 63.5 Å². The fraction of sp³-hybridized carbons (Fsp3) is 0.0952. The highest BCUT2D eigenvalue weighted by molar-refractivity contribution is 8.26. The zero-order valence-electron chi connectivity index (χ0n) is 15.6. The first-order chi connectivity index (χ1) is 14.4. The Kier molecular flexibility index (Phi) is 7.25. The second-order valence-electron chi connectivity index (χ2n) is 6.09. The Balaban J connectivity index is 1.64. The molecule has 0 atom stereocenters. The highest BCUT2D eigenvalue weighted by atomic mass is 35.5. The van der Waals surface area contributed by atoms with Crippen molar-refractivity contribution in [1.82, 2.24) is 4.90 Å². The molecule has 2 amide bonds. The first kappa shape index (κ1) is 22.0. The highest BCUT2D eigenvalue weighted by Gasteiger charge is 2.30. The SMILES string of the molecule is C=CCN1C(=O)/C(=C/c2ccc(OCC(=O)Nc3ccccc3F)c(Cl)c2)SC1=S. The monoisotopic (exact) mass is 462 g/mol. The predicted molar refractivity (Wildman–Crippen MR) is 122 cm³/mol. The molecule has 0 bridgehead atoms. The third-order valence-corrected chi connectivity index (χ3v) is 5.62. The third kappa shape index (κ3) is 5.27. The largest absolute Gasteiger partial charge is 0.482 e. The Morgan fingerprint density at radius 1 is 1.33 bits per heavy atom. The van der Waals surface area contributed by atoms with Gasteiger partial charge in [0.15, 0.2) is 6.61 Å². The zero-order valence-corrected chi connectivity index (χ0v) is 18.0. The van der Waals surface area contributed by atoms with Crippen molar-refractivity contribution in [1.29, 1.82) is 0 Å². The number of amides is 2. The molecule has 1 saturated heterocycles. The van der Waals surface area contributed by atoms with Crippen molar-refractivity contribution in [2.75, 3.05) is 18.5 Å². The molecule has 9 heteroatoms. The van der Waals surface area contributed by atoms with Crippen LogP contribution < -0.4 is 10.1 Å². The molecule has 0 radical (unpaired) electrons. The molecule has 154 valence electrons. The molecule has 5 nitrogen and oxygen atoms in total. The molecule has 0 unspecified atom stereocenters. The van der Waals surface area contributed by atoms with E-state index in [0.29, 0.717) is 21.3 Å². The molecule has 0 spiro atoms. The van der Waals surface area contributed by atoms with Crippen LogP contribution in [0.4, 0.5) is 10.1 Å². The van der Waals surface area contributed by atoms with E-state index in [0.717, 1.165) is 0 Å². The van der Waals surface area contributed by atoms with Gasteiger partial charge in [-0.15, -0.1) is 6.58 Å². The predicted octanol–water partition coefficient (Wildman–Crippen LogP) is 4.88. The van der Waals surface area contributed by atoms with Crippen molar-refractivity contribution < 1.29 is 18.7 Å². The summed E-state index contributed by atoms with van der Waals surface area (Å²) >= 11 is 12.7. The van der Waals surface area contributed by atoms with Gasteiger partial charge in [0.1, 0.15) is 15.9 Å². The minimum Gasteiger partial charge on any atom is -0.482 e. The van der Waals surface area contributed by atoms with Crippen LogP contribution in [0.2, 0.25) is 5.02 Å². The van der Waals surface area contributed by atoms with Crippen molar-refractivity contribution in [3.63, 3.8) is 0 Å². The average molecular weight is 463 g/mol. The minimum atomic E-state index is -0.535. The second-order valence-corrected chi connectivity index (χ2v) is 8.17. The van der Waals surface area contributed by atoms with E-state index in [4.69, 9.17) is 28.6 Å². The van der Waals surface area contributed by atoms with E-state index in [1.807, 2.05) is 0 Å². The number of carbonyl (C=O) groups excluding carboxylic acids is 2. The third-order valence-electron chi connectivity index (χ3n) is 3.95. The summed E-state index contributed by atoms with van der Waals surface area (Å²) in [6, 6.07) is 10.8. The van der Waals surface area contributed by atoms with Gasteiger partial charge in [0.2, 0.25) is 0 Å². The number of rotatable bonds is 7. The van der Waals surface area contributed by atoms with E-state index in [-0.39, 0.29) is 29.0 Å². The number of halogens is 2. The molecule has 3 rings (SSSR count). The molecule has 0 saturated carbocycles. The smallest absolute Gasteiger partial charge is 0.266 e. The maximum atomic E-state index is 13.6. The van der Waals surface area contributed by atoms with Crippen LogP contribution in [0.5, 0.6) is 5.75 Å². The van der Waals surface area contributed by atoms with Crippen LogP contribution in [0.25, 0.3) is 6.08 Å². The maximum Gasteiger partial charge on any atom is 0.266 e. The normalized spacial score (nSPS) is 14.9. The number of ether oxygens (including phenoxy) is 1. The molecule has 1 aliphatic heterocycles. The number of anilines is 1. The number of nitrogens with zero attached hydrogens (tertiary/aromatic N) is 1. The lowest BCUT2D eigenvalue weighted by molar-refractivity contribution is -0.121. The Morgan fingerprint density at radius 2 is 2.10 bits per heavy atom. The molecular formula is C21H16ClFN2O3S2. The number of para-hydroxylation sites is 1. The minimum absolute atomic E-state index is 0.0707. The van der Waals surface area contributed by atoms with Crippen LogP contribution in [-0.4, -0.2) is 34.2 Å². The first-order valence-electron chi connectivity index (χ1n) is 8.72. The molecule has 1 fully saturated rings. The fourth-order valence-corrected chi connectivity index (χ4v) is 4.07. The highest BCUT2D eigenvalue weighted by Crippen LogP contribution is 2.34.